The molecule has 2 bridgehead atoms. The number of carbonyl (C=O) groups is 1. The van der Waals surface area contributed by atoms with Crippen LogP contribution in [0.4, 0.5) is 5.69 Å². The molecule has 0 spiro atoms. The van der Waals surface area contributed by atoms with Gasteiger partial charge in [0.2, 0.25) is 15.9 Å². The lowest BCUT2D eigenvalue weighted by atomic mass is 9.84. The molecule has 2 saturated carbocycles. The van der Waals surface area contributed by atoms with E-state index in [1.165, 1.54) is 31.4 Å². The van der Waals surface area contributed by atoms with Crippen LogP contribution in [-0.2, 0) is 28.4 Å². The normalized spacial score (nSPS) is 22.5. The van der Waals surface area contributed by atoms with Gasteiger partial charge in [-0.2, -0.15) is 0 Å². The van der Waals surface area contributed by atoms with E-state index in [2.05, 4.69) is 10.0 Å². The van der Waals surface area contributed by atoms with E-state index in [9.17, 15) is 18.0 Å². The first-order valence-corrected chi connectivity index (χ1v) is 13.8. The van der Waals surface area contributed by atoms with Gasteiger partial charge < -0.3 is 5.32 Å². The third-order valence-electron chi connectivity index (χ3n) is 7.84. The van der Waals surface area contributed by atoms with E-state index >= 15 is 0 Å². The number of carbonyl (C=O) groups excluding carboxylic acids is 1. The Morgan fingerprint density at radius 3 is 2.43 bits per heavy atom. The van der Waals surface area contributed by atoms with E-state index in [0.29, 0.717) is 17.5 Å². The molecule has 2 aliphatic rings. The standard InChI is InChI=1S/C26H32N4O4S/c1-17(22-16-18-7-8-19(22)15-18)28-35(33,34)21-11-9-20(10-12-21)27-25(31)13-14-30-24-6-4-3-5-23(24)29(2)26(30)32/h3-6,9-12,17-19,22,28H,7-8,13-16H2,1-2H3,(H,27,31). The molecule has 2 fully saturated rings. The zero-order chi connectivity index (χ0) is 24.7. The fourth-order valence-electron chi connectivity index (χ4n) is 6.04. The van der Waals surface area contributed by atoms with Gasteiger partial charge in [0.15, 0.2) is 0 Å². The molecule has 0 aliphatic heterocycles. The maximum Gasteiger partial charge on any atom is 0.328 e. The molecule has 8 nitrogen and oxygen atoms in total. The van der Waals surface area contributed by atoms with Gasteiger partial charge in [-0.15, -0.1) is 0 Å². The molecule has 1 heterocycles. The van der Waals surface area contributed by atoms with Gasteiger partial charge >= 0.3 is 5.69 Å². The SMILES string of the molecule is CC(NS(=O)(=O)c1ccc(NC(=O)CCn2c(=O)n(C)c3ccccc32)cc1)C1CC2CCC1C2. The summed E-state index contributed by atoms with van der Waals surface area (Å²) in [6, 6.07) is 13.6. The fourth-order valence-corrected chi connectivity index (χ4v) is 7.33. The van der Waals surface area contributed by atoms with Crippen molar-refractivity contribution in [2.75, 3.05) is 5.32 Å². The first-order valence-electron chi connectivity index (χ1n) is 12.3. The monoisotopic (exact) mass is 496 g/mol. The summed E-state index contributed by atoms with van der Waals surface area (Å²) in [6.45, 7) is 2.22. The summed E-state index contributed by atoms with van der Waals surface area (Å²) in [5.41, 5.74) is 1.95. The Morgan fingerprint density at radius 1 is 1.06 bits per heavy atom. The van der Waals surface area contributed by atoms with Crippen molar-refractivity contribution < 1.29 is 13.2 Å². The number of nitrogens with one attached hydrogen (secondary N) is 2. The number of hydrogen-bond donors (Lipinski definition) is 2. The van der Waals surface area contributed by atoms with Crippen LogP contribution in [0.3, 0.4) is 0 Å². The molecule has 186 valence electrons. The number of aryl methyl sites for hydroxylation is 2. The molecular formula is C26H32N4O4S. The second kappa shape index (κ2) is 9.28. The predicted octanol–water partition coefficient (Wildman–Crippen LogP) is 3.47. The van der Waals surface area contributed by atoms with Gasteiger partial charge in [-0.05, 0) is 80.3 Å². The number of benzene rings is 2. The van der Waals surface area contributed by atoms with Crippen molar-refractivity contribution in [1.82, 2.24) is 13.9 Å². The van der Waals surface area contributed by atoms with Crippen LogP contribution in [0.1, 0.15) is 39.0 Å². The molecule has 4 atom stereocenters. The molecule has 1 amide bonds. The minimum absolute atomic E-state index is 0.0906. The summed E-state index contributed by atoms with van der Waals surface area (Å²) in [4.78, 5) is 25.2. The Labute approximate surface area is 205 Å². The summed E-state index contributed by atoms with van der Waals surface area (Å²) < 4.78 is 31.8. The summed E-state index contributed by atoms with van der Waals surface area (Å²) in [7, 11) is -1.92. The van der Waals surface area contributed by atoms with E-state index in [0.717, 1.165) is 23.4 Å². The fraction of sp³-hybridized carbons (Fsp3) is 0.462. The Bertz CT molecular complexity index is 1410. The molecule has 2 aromatic carbocycles. The van der Waals surface area contributed by atoms with E-state index in [4.69, 9.17) is 0 Å². The highest BCUT2D eigenvalue weighted by Gasteiger charge is 2.42. The van der Waals surface area contributed by atoms with E-state index in [1.54, 1.807) is 28.3 Å². The number of imidazole rings is 1. The van der Waals surface area contributed by atoms with Crippen LogP contribution in [0.5, 0.6) is 0 Å². The number of rotatable bonds is 8. The molecule has 0 radical (unpaired) electrons. The van der Waals surface area contributed by atoms with E-state index < -0.39 is 10.0 Å². The highest BCUT2D eigenvalue weighted by atomic mass is 32.2. The van der Waals surface area contributed by atoms with Crippen molar-refractivity contribution >= 4 is 32.7 Å². The number of sulfonamides is 1. The molecule has 1 aromatic heterocycles. The highest BCUT2D eigenvalue weighted by Crippen LogP contribution is 2.49. The molecule has 5 rings (SSSR count). The van der Waals surface area contributed by atoms with Gasteiger partial charge in [-0.25, -0.2) is 17.9 Å². The quantitative estimate of drug-likeness (QED) is 0.498. The summed E-state index contributed by atoms with van der Waals surface area (Å²) in [6.07, 6.45) is 4.97. The molecule has 0 saturated heterocycles. The van der Waals surface area contributed by atoms with Crippen molar-refractivity contribution in [2.45, 2.75) is 56.5 Å². The largest absolute Gasteiger partial charge is 0.328 e. The minimum atomic E-state index is -3.63. The highest BCUT2D eigenvalue weighted by molar-refractivity contribution is 7.89. The van der Waals surface area contributed by atoms with Gasteiger partial charge in [0, 0.05) is 31.7 Å². The predicted molar refractivity (Wildman–Crippen MR) is 136 cm³/mol. The molecule has 35 heavy (non-hydrogen) atoms. The zero-order valence-corrected chi connectivity index (χ0v) is 20.9. The Balaban J connectivity index is 1.19. The number of amides is 1. The third-order valence-corrected chi connectivity index (χ3v) is 9.41. The van der Waals surface area contributed by atoms with Gasteiger partial charge in [0.05, 0.1) is 15.9 Å². The Kier molecular flexibility index (Phi) is 6.31. The maximum atomic E-state index is 12.9. The van der Waals surface area contributed by atoms with Gasteiger partial charge in [-0.3, -0.25) is 13.9 Å². The Morgan fingerprint density at radius 2 is 1.77 bits per heavy atom. The second-order valence-electron chi connectivity index (χ2n) is 10.1. The second-order valence-corrected chi connectivity index (χ2v) is 11.8. The lowest BCUT2D eigenvalue weighted by molar-refractivity contribution is -0.116. The van der Waals surface area contributed by atoms with Crippen LogP contribution >= 0.6 is 0 Å². The van der Waals surface area contributed by atoms with Crippen LogP contribution < -0.4 is 15.7 Å². The topological polar surface area (TPSA) is 102 Å². The number of para-hydroxylation sites is 2. The molecule has 9 heteroatoms. The van der Waals surface area contributed by atoms with Crippen LogP contribution in [0.2, 0.25) is 0 Å². The molecule has 3 aromatic rings. The van der Waals surface area contributed by atoms with Crippen molar-refractivity contribution in [3.05, 3.63) is 59.0 Å². The van der Waals surface area contributed by atoms with Crippen LogP contribution in [0.15, 0.2) is 58.2 Å². The average Bonchev–Trinajstić information content (AvgIpc) is 3.53. The summed E-state index contributed by atoms with van der Waals surface area (Å²) in [5.74, 6) is 1.57. The molecule has 2 aliphatic carbocycles. The minimum Gasteiger partial charge on any atom is -0.326 e. The first kappa shape index (κ1) is 23.8. The molecule has 4 unspecified atom stereocenters. The summed E-state index contributed by atoms with van der Waals surface area (Å²) >= 11 is 0. The first-order chi connectivity index (χ1) is 16.7. The van der Waals surface area contributed by atoms with Crippen molar-refractivity contribution in [3.8, 4) is 0 Å². The van der Waals surface area contributed by atoms with Crippen LogP contribution in [0.25, 0.3) is 11.0 Å². The van der Waals surface area contributed by atoms with Crippen molar-refractivity contribution in [2.24, 2.45) is 24.8 Å². The van der Waals surface area contributed by atoms with Gasteiger partial charge in [-0.1, -0.05) is 18.6 Å². The average molecular weight is 497 g/mol. The lowest BCUT2D eigenvalue weighted by Crippen LogP contribution is -2.40. The Hall–Kier alpha value is -2.91. The number of hydrogen-bond acceptors (Lipinski definition) is 4. The van der Waals surface area contributed by atoms with Crippen LogP contribution in [-0.4, -0.2) is 29.5 Å². The molecule has 2 N–H and O–H groups in total. The number of aromatic nitrogens is 2. The number of anilines is 1. The van der Waals surface area contributed by atoms with E-state index in [1.807, 2.05) is 31.2 Å². The van der Waals surface area contributed by atoms with Gasteiger partial charge in [0.25, 0.3) is 0 Å². The summed E-state index contributed by atoms with van der Waals surface area (Å²) in [5, 5.41) is 2.79. The molecular weight excluding hydrogens is 464 g/mol. The van der Waals surface area contributed by atoms with E-state index in [-0.39, 0.29) is 35.5 Å². The van der Waals surface area contributed by atoms with Crippen molar-refractivity contribution in [1.29, 1.82) is 0 Å². The third kappa shape index (κ3) is 4.67. The number of nitrogens with zero attached hydrogens (tertiary/aromatic N) is 2. The van der Waals surface area contributed by atoms with Crippen molar-refractivity contribution in [3.63, 3.8) is 0 Å². The lowest BCUT2D eigenvalue weighted by Gasteiger charge is -2.28. The maximum absolute atomic E-state index is 12.9. The van der Waals surface area contributed by atoms with Crippen LogP contribution in [0, 0.1) is 17.8 Å². The zero-order valence-electron chi connectivity index (χ0n) is 20.1. The van der Waals surface area contributed by atoms with Gasteiger partial charge in [0.1, 0.15) is 0 Å². The number of fused-ring (bicyclic) bond motifs is 3. The smallest absolute Gasteiger partial charge is 0.326 e.